The van der Waals surface area contributed by atoms with Crippen LogP contribution in [0.25, 0.3) is 28.0 Å². The van der Waals surface area contributed by atoms with Crippen molar-refractivity contribution in [3.63, 3.8) is 0 Å². The summed E-state index contributed by atoms with van der Waals surface area (Å²) in [5.41, 5.74) is 2.51. The standard InChI is InChI=1S/C31H26N6O6/c1-42-25-18-33-29(37-11-10-24(34-37)21-8-5-9-22(16-21)43-19-38)27-26(25)23(17-32-27)28(39)31(41)36-14-12-35(13-15-36)30(40)20-6-3-2-4-7-20/h2-11,16-19,32H,12-15H2,1H3. The van der Waals surface area contributed by atoms with Crippen LogP contribution in [0.2, 0.25) is 0 Å². The lowest BCUT2D eigenvalue weighted by Gasteiger charge is -2.34. The van der Waals surface area contributed by atoms with Gasteiger partial charge in [-0.15, -0.1) is 0 Å². The second-order valence-electron chi connectivity index (χ2n) is 9.77. The van der Waals surface area contributed by atoms with Gasteiger partial charge in [0.05, 0.1) is 35.5 Å². The molecule has 0 aliphatic carbocycles. The van der Waals surface area contributed by atoms with Crippen molar-refractivity contribution >= 4 is 35.0 Å². The first-order valence-electron chi connectivity index (χ1n) is 13.5. The molecule has 1 aliphatic rings. The Bertz CT molecular complexity index is 1840. The van der Waals surface area contributed by atoms with Crippen LogP contribution < -0.4 is 9.47 Å². The van der Waals surface area contributed by atoms with Gasteiger partial charge in [-0.3, -0.25) is 19.2 Å². The number of hydrogen-bond acceptors (Lipinski definition) is 8. The first-order chi connectivity index (χ1) is 21.0. The summed E-state index contributed by atoms with van der Waals surface area (Å²) in [4.78, 5) is 61.1. The van der Waals surface area contributed by atoms with Crippen molar-refractivity contribution in [2.45, 2.75) is 0 Å². The Morgan fingerprint density at radius 3 is 2.47 bits per heavy atom. The van der Waals surface area contributed by atoms with Crippen LogP contribution in [0.15, 0.2) is 79.3 Å². The number of amides is 2. The van der Waals surface area contributed by atoms with Gasteiger partial charge in [-0.2, -0.15) is 5.10 Å². The van der Waals surface area contributed by atoms with E-state index < -0.39 is 11.7 Å². The van der Waals surface area contributed by atoms with Crippen molar-refractivity contribution in [3.05, 3.63) is 90.4 Å². The van der Waals surface area contributed by atoms with Crippen molar-refractivity contribution in [3.8, 4) is 28.6 Å². The molecule has 1 aliphatic heterocycles. The maximum atomic E-state index is 13.5. The van der Waals surface area contributed by atoms with E-state index in [0.29, 0.717) is 59.0 Å². The monoisotopic (exact) mass is 578 g/mol. The molecule has 43 heavy (non-hydrogen) atoms. The molecule has 1 fully saturated rings. The molecule has 0 atom stereocenters. The fourth-order valence-electron chi connectivity index (χ4n) is 5.13. The minimum absolute atomic E-state index is 0.107. The van der Waals surface area contributed by atoms with Crippen molar-refractivity contribution < 1.29 is 28.7 Å². The van der Waals surface area contributed by atoms with Crippen molar-refractivity contribution in [2.75, 3.05) is 33.3 Å². The lowest BCUT2D eigenvalue weighted by atomic mass is 10.1. The Morgan fingerprint density at radius 2 is 1.72 bits per heavy atom. The highest BCUT2D eigenvalue weighted by Gasteiger charge is 2.31. The molecule has 0 radical (unpaired) electrons. The number of benzene rings is 2. The molecule has 12 nitrogen and oxygen atoms in total. The summed E-state index contributed by atoms with van der Waals surface area (Å²) >= 11 is 0. The number of carbonyl (C=O) groups excluding carboxylic acids is 4. The zero-order chi connectivity index (χ0) is 29.9. The third-order valence-electron chi connectivity index (χ3n) is 7.31. The molecule has 6 rings (SSSR count). The number of hydrogen-bond donors (Lipinski definition) is 1. The van der Waals surface area contributed by atoms with Gasteiger partial charge in [-0.05, 0) is 30.3 Å². The molecule has 5 aromatic rings. The van der Waals surface area contributed by atoms with Gasteiger partial charge in [0.2, 0.25) is 0 Å². The number of piperazine rings is 1. The number of fused-ring (bicyclic) bond motifs is 1. The molecule has 2 aromatic carbocycles. The predicted molar refractivity (Wildman–Crippen MR) is 155 cm³/mol. The van der Waals surface area contributed by atoms with Crippen LogP contribution in [0.4, 0.5) is 0 Å². The molecular formula is C31H26N6O6. The van der Waals surface area contributed by atoms with Crippen LogP contribution in [0.3, 0.4) is 0 Å². The molecule has 3 aromatic heterocycles. The van der Waals surface area contributed by atoms with E-state index in [0.717, 1.165) is 5.56 Å². The number of rotatable bonds is 8. The summed E-state index contributed by atoms with van der Waals surface area (Å²) < 4.78 is 12.0. The highest BCUT2D eigenvalue weighted by Crippen LogP contribution is 2.32. The van der Waals surface area contributed by atoms with Crippen LogP contribution in [0.5, 0.6) is 11.5 Å². The second-order valence-corrected chi connectivity index (χ2v) is 9.77. The lowest BCUT2D eigenvalue weighted by Crippen LogP contribution is -2.52. The van der Waals surface area contributed by atoms with Gasteiger partial charge in [0.15, 0.2) is 5.82 Å². The number of methoxy groups -OCH3 is 1. The molecule has 1 N–H and O–H groups in total. The fourth-order valence-corrected chi connectivity index (χ4v) is 5.13. The molecular weight excluding hydrogens is 552 g/mol. The van der Waals surface area contributed by atoms with Crippen molar-refractivity contribution in [2.24, 2.45) is 0 Å². The number of nitrogens with zero attached hydrogens (tertiary/aromatic N) is 5. The Balaban J connectivity index is 1.24. The first-order valence-corrected chi connectivity index (χ1v) is 13.5. The average molecular weight is 579 g/mol. The number of ether oxygens (including phenoxy) is 2. The van der Waals surface area contributed by atoms with Gasteiger partial charge in [-0.1, -0.05) is 30.3 Å². The van der Waals surface area contributed by atoms with Gasteiger partial charge >= 0.3 is 0 Å². The number of aromatic nitrogens is 4. The molecule has 1 saturated heterocycles. The third kappa shape index (κ3) is 5.21. The minimum Gasteiger partial charge on any atom is -0.494 e. The lowest BCUT2D eigenvalue weighted by molar-refractivity contribution is -0.127. The van der Waals surface area contributed by atoms with Gasteiger partial charge < -0.3 is 24.3 Å². The number of ketones is 1. The van der Waals surface area contributed by atoms with Crippen LogP contribution in [-0.2, 0) is 9.59 Å². The number of carbonyl (C=O) groups is 4. The quantitative estimate of drug-likeness (QED) is 0.168. The molecule has 0 saturated carbocycles. The van der Waals surface area contributed by atoms with Crippen molar-refractivity contribution in [1.82, 2.24) is 29.5 Å². The van der Waals surface area contributed by atoms with E-state index >= 15 is 0 Å². The second kappa shape index (κ2) is 11.6. The van der Waals surface area contributed by atoms with E-state index in [1.807, 2.05) is 12.1 Å². The van der Waals surface area contributed by atoms with E-state index in [1.165, 1.54) is 24.4 Å². The summed E-state index contributed by atoms with van der Waals surface area (Å²) in [6.45, 7) is 1.49. The molecule has 12 heteroatoms. The largest absolute Gasteiger partial charge is 0.494 e. The van der Waals surface area contributed by atoms with Crippen LogP contribution in [-0.4, -0.2) is 86.9 Å². The molecule has 0 spiro atoms. The number of pyridine rings is 1. The zero-order valence-electron chi connectivity index (χ0n) is 23.1. The highest BCUT2D eigenvalue weighted by atomic mass is 16.5. The summed E-state index contributed by atoms with van der Waals surface area (Å²) in [7, 11) is 1.46. The molecule has 216 valence electrons. The minimum atomic E-state index is -0.697. The highest BCUT2D eigenvalue weighted by molar-refractivity contribution is 6.45. The summed E-state index contributed by atoms with van der Waals surface area (Å²) in [5, 5.41) is 5.03. The average Bonchev–Trinajstić information content (AvgIpc) is 3.73. The first kappa shape index (κ1) is 27.4. The predicted octanol–water partition coefficient (Wildman–Crippen LogP) is 3.13. The normalized spacial score (nSPS) is 13.1. The smallest absolute Gasteiger partial charge is 0.298 e. The number of Topliss-reactive ketones (excluding diaryl/α,β-unsaturated/α-hetero) is 1. The number of H-pyrrole nitrogens is 1. The summed E-state index contributed by atoms with van der Waals surface area (Å²) in [6.07, 6.45) is 4.65. The Morgan fingerprint density at radius 1 is 0.953 bits per heavy atom. The maximum absolute atomic E-state index is 13.5. The van der Waals surface area contributed by atoms with E-state index in [-0.39, 0.29) is 24.6 Å². The Hall–Kier alpha value is -5.78. The molecule has 0 unspecified atom stereocenters. The molecule has 2 amide bonds. The van der Waals surface area contributed by atoms with Gasteiger partial charge in [0.25, 0.3) is 24.1 Å². The third-order valence-corrected chi connectivity index (χ3v) is 7.31. The van der Waals surface area contributed by atoms with E-state index in [1.54, 1.807) is 64.3 Å². The topological polar surface area (TPSA) is 140 Å². The van der Waals surface area contributed by atoms with Gasteiger partial charge in [-0.25, -0.2) is 9.67 Å². The van der Waals surface area contributed by atoms with E-state index in [4.69, 9.17) is 9.47 Å². The SMILES string of the molecule is COc1cnc(-n2ccc(-c3cccc(OC=O)c3)n2)c2[nH]cc(C(=O)C(=O)N3CCN(C(=O)c4ccccc4)CC3)c12. The number of nitrogens with one attached hydrogen (secondary N) is 1. The molecule has 0 bridgehead atoms. The van der Waals surface area contributed by atoms with Crippen LogP contribution in [0.1, 0.15) is 20.7 Å². The van der Waals surface area contributed by atoms with Crippen LogP contribution in [0, 0.1) is 0 Å². The summed E-state index contributed by atoms with van der Waals surface area (Å²) in [6, 6.07) is 17.7. The summed E-state index contributed by atoms with van der Waals surface area (Å²) in [5.74, 6) is -0.371. The Labute approximate surface area is 245 Å². The number of aromatic amines is 1. The zero-order valence-corrected chi connectivity index (χ0v) is 23.1. The maximum Gasteiger partial charge on any atom is 0.298 e. The van der Waals surface area contributed by atoms with Crippen LogP contribution >= 0.6 is 0 Å². The van der Waals surface area contributed by atoms with Gasteiger partial charge in [0.1, 0.15) is 11.5 Å². The fraction of sp³-hybridized carbons (Fsp3) is 0.161. The van der Waals surface area contributed by atoms with Gasteiger partial charge in [0, 0.05) is 49.7 Å². The van der Waals surface area contributed by atoms with E-state index in [2.05, 4.69) is 15.1 Å². The van der Waals surface area contributed by atoms with E-state index in [9.17, 15) is 19.2 Å². The Kier molecular flexibility index (Phi) is 7.39. The molecule has 4 heterocycles. The van der Waals surface area contributed by atoms with Crippen molar-refractivity contribution in [1.29, 1.82) is 0 Å².